The third-order valence-electron chi connectivity index (χ3n) is 4.47. The number of rotatable bonds is 7. The number of nitrogens with zero attached hydrogens (tertiary/aromatic N) is 2. The Hall–Kier alpha value is -1.83. The predicted octanol–water partition coefficient (Wildman–Crippen LogP) is 3.40. The largest absolute Gasteiger partial charge is 0.337 e. The van der Waals surface area contributed by atoms with Crippen molar-refractivity contribution in [2.45, 2.75) is 13.5 Å². The highest BCUT2D eigenvalue weighted by molar-refractivity contribution is 7.99. The Balaban J connectivity index is 1.58. The lowest BCUT2D eigenvalue weighted by atomic mass is 10.1. The van der Waals surface area contributed by atoms with Gasteiger partial charge in [-0.05, 0) is 36.2 Å². The maximum absolute atomic E-state index is 12.6. The molecular formula is C20H25N3O2S2. The standard InChI is InChI=1S/C20H25N3O2S2/c1-2-22(14-18-7-4-10-27-18)15-19(24)21-17-6-3-5-16(13-17)20(25)23-8-11-26-12-9-23/h3-7,10,13H,2,8-9,11-12,14-15H2,1H3,(H,21,24). The zero-order valence-electron chi connectivity index (χ0n) is 15.5. The normalized spacial score (nSPS) is 14.4. The van der Waals surface area contributed by atoms with Gasteiger partial charge in [-0.2, -0.15) is 11.8 Å². The zero-order chi connectivity index (χ0) is 19.1. The zero-order valence-corrected chi connectivity index (χ0v) is 17.2. The third kappa shape index (κ3) is 5.82. The van der Waals surface area contributed by atoms with Crippen molar-refractivity contribution in [1.29, 1.82) is 0 Å². The molecule has 3 rings (SSSR count). The molecule has 1 saturated heterocycles. The van der Waals surface area contributed by atoms with Gasteiger partial charge in [0.25, 0.3) is 5.91 Å². The molecule has 0 bridgehead atoms. The van der Waals surface area contributed by atoms with Crippen LogP contribution in [-0.4, -0.2) is 59.3 Å². The predicted molar refractivity (Wildman–Crippen MR) is 114 cm³/mol. The second kappa shape index (κ2) is 9.92. The van der Waals surface area contributed by atoms with Crippen molar-refractivity contribution in [3.05, 3.63) is 52.2 Å². The number of carbonyl (C=O) groups is 2. The Bertz CT molecular complexity index is 758. The van der Waals surface area contributed by atoms with Gasteiger partial charge in [-0.15, -0.1) is 11.3 Å². The van der Waals surface area contributed by atoms with Gasteiger partial charge in [0.05, 0.1) is 6.54 Å². The summed E-state index contributed by atoms with van der Waals surface area (Å²) in [5, 5.41) is 4.98. The van der Waals surface area contributed by atoms with E-state index >= 15 is 0 Å². The van der Waals surface area contributed by atoms with Gasteiger partial charge in [0, 0.05) is 47.3 Å². The number of thioether (sulfide) groups is 1. The van der Waals surface area contributed by atoms with Crippen LogP contribution in [0.4, 0.5) is 5.69 Å². The quantitative estimate of drug-likeness (QED) is 0.770. The van der Waals surface area contributed by atoms with Gasteiger partial charge in [0.15, 0.2) is 0 Å². The van der Waals surface area contributed by atoms with Crippen LogP contribution in [0.3, 0.4) is 0 Å². The van der Waals surface area contributed by atoms with E-state index in [2.05, 4.69) is 23.2 Å². The number of carbonyl (C=O) groups excluding carboxylic acids is 2. The van der Waals surface area contributed by atoms with E-state index in [-0.39, 0.29) is 11.8 Å². The van der Waals surface area contributed by atoms with Crippen molar-refractivity contribution in [1.82, 2.24) is 9.80 Å². The molecule has 2 amide bonds. The van der Waals surface area contributed by atoms with Crippen molar-refractivity contribution >= 4 is 40.6 Å². The number of hydrogen-bond acceptors (Lipinski definition) is 5. The van der Waals surface area contributed by atoms with E-state index in [0.29, 0.717) is 17.8 Å². The van der Waals surface area contributed by atoms with Crippen LogP contribution in [0.1, 0.15) is 22.2 Å². The fourth-order valence-corrected chi connectivity index (χ4v) is 4.63. The molecule has 0 spiro atoms. The van der Waals surface area contributed by atoms with E-state index in [0.717, 1.165) is 37.7 Å². The smallest absolute Gasteiger partial charge is 0.253 e. The Morgan fingerprint density at radius 2 is 2.00 bits per heavy atom. The minimum absolute atomic E-state index is 0.0410. The summed E-state index contributed by atoms with van der Waals surface area (Å²) in [6.07, 6.45) is 0. The highest BCUT2D eigenvalue weighted by Crippen LogP contribution is 2.17. The lowest BCUT2D eigenvalue weighted by molar-refractivity contribution is -0.117. The Kier molecular flexibility index (Phi) is 7.32. The topological polar surface area (TPSA) is 52.7 Å². The van der Waals surface area contributed by atoms with Crippen molar-refractivity contribution in [3.63, 3.8) is 0 Å². The molecule has 1 aliphatic rings. The number of nitrogens with one attached hydrogen (secondary N) is 1. The van der Waals surface area contributed by atoms with Gasteiger partial charge >= 0.3 is 0 Å². The van der Waals surface area contributed by atoms with Crippen LogP contribution in [0.2, 0.25) is 0 Å². The second-order valence-electron chi connectivity index (χ2n) is 6.42. The molecule has 5 nitrogen and oxygen atoms in total. The van der Waals surface area contributed by atoms with Gasteiger partial charge in [-0.3, -0.25) is 14.5 Å². The minimum atomic E-state index is -0.0626. The van der Waals surface area contributed by atoms with Gasteiger partial charge in [-0.25, -0.2) is 0 Å². The average molecular weight is 404 g/mol. The van der Waals surface area contributed by atoms with Crippen molar-refractivity contribution in [2.24, 2.45) is 0 Å². The lowest BCUT2D eigenvalue weighted by Crippen LogP contribution is -2.38. The van der Waals surface area contributed by atoms with Crippen LogP contribution in [0, 0.1) is 0 Å². The maximum Gasteiger partial charge on any atom is 0.253 e. The molecule has 0 unspecified atom stereocenters. The van der Waals surface area contributed by atoms with E-state index in [4.69, 9.17) is 0 Å². The van der Waals surface area contributed by atoms with E-state index in [9.17, 15) is 9.59 Å². The number of likely N-dealkylation sites (N-methyl/N-ethyl adjacent to an activating group) is 1. The van der Waals surface area contributed by atoms with Crippen LogP contribution in [0.15, 0.2) is 41.8 Å². The molecule has 1 aliphatic heterocycles. The van der Waals surface area contributed by atoms with Gasteiger partial charge in [0.1, 0.15) is 0 Å². The summed E-state index contributed by atoms with van der Waals surface area (Å²) in [6, 6.07) is 11.4. The van der Waals surface area contributed by atoms with E-state index in [1.807, 2.05) is 46.3 Å². The third-order valence-corrected chi connectivity index (χ3v) is 6.27. The number of amides is 2. The summed E-state index contributed by atoms with van der Waals surface area (Å²) in [5.74, 6) is 1.95. The summed E-state index contributed by atoms with van der Waals surface area (Å²) in [6.45, 7) is 5.53. The van der Waals surface area contributed by atoms with E-state index < -0.39 is 0 Å². The summed E-state index contributed by atoms with van der Waals surface area (Å²) >= 11 is 3.58. The molecule has 0 atom stereocenters. The SMILES string of the molecule is CCN(CC(=O)Nc1cccc(C(=O)N2CCSCC2)c1)Cc1cccs1. The van der Waals surface area contributed by atoms with Gasteiger partial charge in [-0.1, -0.05) is 19.1 Å². The molecule has 2 aromatic rings. The first-order chi connectivity index (χ1) is 13.2. The first-order valence-electron chi connectivity index (χ1n) is 9.17. The maximum atomic E-state index is 12.6. The molecule has 7 heteroatoms. The number of benzene rings is 1. The fourth-order valence-electron chi connectivity index (χ4n) is 2.99. The molecule has 1 aromatic carbocycles. The van der Waals surface area contributed by atoms with Crippen LogP contribution in [-0.2, 0) is 11.3 Å². The molecule has 2 heterocycles. The van der Waals surface area contributed by atoms with Crippen LogP contribution < -0.4 is 5.32 Å². The number of anilines is 1. The molecule has 0 aliphatic carbocycles. The summed E-state index contributed by atoms with van der Waals surface area (Å²) in [4.78, 5) is 30.3. The Morgan fingerprint density at radius 3 is 2.70 bits per heavy atom. The summed E-state index contributed by atoms with van der Waals surface area (Å²) in [5.41, 5.74) is 1.30. The Morgan fingerprint density at radius 1 is 1.19 bits per heavy atom. The average Bonchev–Trinajstić information content (AvgIpc) is 3.21. The van der Waals surface area contributed by atoms with Gasteiger partial charge in [0.2, 0.25) is 5.91 Å². The molecular weight excluding hydrogens is 378 g/mol. The van der Waals surface area contributed by atoms with Crippen LogP contribution in [0.5, 0.6) is 0 Å². The van der Waals surface area contributed by atoms with Crippen LogP contribution >= 0.6 is 23.1 Å². The molecule has 27 heavy (non-hydrogen) atoms. The first kappa shape index (κ1) is 19.9. The Labute approximate surface area is 168 Å². The molecule has 144 valence electrons. The molecule has 1 fully saturated rings. The van der Waals surface area contributed by atoms with Crippen molar-refractivity contribution < 1.29 is 9.59 Å². The summed E-state index contributed by atoms with van der Waals surface area (Å²) < 4.78 is 0. The van der Waals surface area contributed by atoms with E-state index in [1.165, 1.54) is 4.88 Å². The number of thiophene rings is 1. The first-order valence-corrected chi connectivity index (χ1v) is 11.2. The molecule has 1 aromatic heterocycles. The van der Waals surface area contributed by atoms with Crippen molar-refractivity contribution in [2.75, 3.05) is 43.0 Å². The highest BCUT2D eigenvalue weighted by atomic mass is 32.2. The summed E-state index contributed by atoms with van der Waals surface area (Å²) in [7, 11) is 0. The van der Waals surface area contributed by atoms with Crippen molar-refractivity contribution in [3.8, 4) is 0 Å². The highest BCUT2D eigenvalue weighted by Gasteiger charge is 2.19. The molecule has 0 radical (unpaired) electrons. The minimum Gasteiger partial charge on any atom is -0.337 e. The van der Waals surface area contributed by atoms with Crippen LogP contribution in [0.25, 0.3) is 0 Å². The molecule has 0 saturated carbocycles. The van der Waals surface area contributed by atoms with E-state index in [1.54, 1.807) is 17.4 Å². The molecule has 1 N–H and O–H groups in total. The monoisotopic (exact) mass is 403 g/mol. The lowest BCUT2D eigenvalue weighted by Gasteiger charge is -2.26. The second-order valence-corrected chi connectivity index (χ2v) is 8.67. The fraction of sp³-hybridized carbons (Fsp3) is 0.400. The number of hydrogen-bond donors (Lipinski definition) is 1. The van der Waals surface area contributed by atoms with Gasteiger partial charge < -0.3 is 10.2 Å².